The van der Waals surface area contributed by atoms with Crippen LogP contribution in [0, 0.1) is 0 Å². The molecule has 0 unspecified atom stereocenters. The van der Waals surface area contributed by atoms with Crippen molar-refractivity contribution in [2.45, 2.75) is 18.9 Å². The lowest BCUT2D eigenvalue weighted by atomic mass is 10.1. The fourth-order valence-electron chi connectivity index (χ4n) is 1.77. The number of anilines is 3. The van der Waals surface area contributed by atoms with Gasteiger partial charge in [0.25, 0.3) is 0 Å². The standard InChI is InChI=1S/C11H20N6O/c1-12-9-14-10(16-11(15-9)17(2)3)13-8-4-6-18-7-5-8/h8H,4-7H2,1-3H3,(H2,12,13,14,15,16). The van der Waals surface area contributed by atoms with Gasteiger partial charge in [-0.1, -0.05) is 0 Å². The molecule has 0 spiro atoms. The third-order valence-electron chi connectivity index (χ3n) is 2.80. The minimum atomic E-state index is 0.376. The summed E-state index contributed by atoms with van der Waals surface area (Å²) in [6, 6.07) is 0.376. The zero-order valence-corrected chi connectivity index (χ0v) is 11.1. The molecule has 0 aromatic carbocycles. The quantitative estimate of drug-likeness (QED) is 0.811. The van der Waals surface area contributed by atoms with Gasteiger partial charge in [-0.3, -0.25) is 0 Å². The van der Waals surface area contributed by atoms with Crippen molar-refractivity contribution in [1.29, 1.82) is 0 Å². The van der Waals surface area contributed by atoms with E-state index in [9.17, 15) is 0 Å². The largest absolute Gasteiger partial charge is 0.381 e. The summed E-state index contributed by atoms with van der Waals surface area (Å²) < 4.78 is 5.33. The van der Waals surface area contributed by atoms with Crippen LogP contribution in [0.3, 0.4) is 0 Å². The van der Waals surface area contributed by atoms with E-state index in [4.69, 9.17) is 4.74 Å². The van der Waals surface area contributed by atoms with E-state index in [-0.39, 0.29) is 0 Å². The number of hydrogen-bond acceptors (Lipinski definition) is 7. The molecule has 1 aromatic heterocycles. The molecule has 7 nitrogen and oxygen atoms in total. The molecule has 0 amide bonds. The van der Waals surface area contributed by atoms with Crippen LogP contribution in [0.2, 0.25) is 0 Å². The summed E-state index contributed by atoms with van der Waals surface area (Å²) in [6.45, 7) is 1.59. The molecular formula is C11H20N6O. The van der Waals surface area contributed by atoms with Gasteiger partial charge in [0.2, 0.25) is 17.8 Å². The molecule has 0 bridgehead atoms. The molecule has 2 heterocycles. The zero-order valence-electron chi connectivity index (χ0n) is 11.1. The normalized spacial score (nSPS) is 16.4. The summed E-state index contributed by atoms with van der Waals surface area (Å²) in [7, 11) is 5.62. The van der Waals surface area contributed by atoms with Gasteiger partial charge in [0, 0.05) is 40.4 Å². The molecule has 18 heavy (non-hydrogen) atoms. The lowest BCUT2D eigenvalue weighted by Crippen LogP contribution is -2.29. The fourth-order valence-corrected chi connectivity index (χ4v) is 1.77. The van der Waals surface area contributed by atoms with Gasteiger partial charge in [0.15, 0.2) is 0 Å². The number of rotatable bonds is 4. The van der Waals surface area contributed by atoms with E-state index in [0.717, 1.165) is 26.1 Å². The molecule has 1 aliphatic rings. The highest BCUT2D eigenvalue weighted by Crippen LogP contribution is 2.15. The number of ether oxygens (including phenoxy) is 1. The minimum absolute atomic E-state index is 0.376. The van der Waals surface area contributed by atoms with E-state index in [1.54, 1.807) is 7.05 Å². The van der Waals surface area contributed by atoms with E-state index in [1.807, 2.05) is 19.0 Å². The summed E-state index contributed by atoms with van der Waals surface area (Å²) in [6.07, 6.45) is 1.97. The van der Waals surface area contributed by atoms with Crippen LogP contribution in [-0.4, -0.2) is 55.4 Å². The summed E-state index contributed by atoms with van der Waals surface area (Å²) in [5.41, 5.74) is 0. The van der Waals surface area contributed by atoms with E-state index >= 15 is 0 Å². The first-order valence-corrected chi connectivity index (χ1v) is 6.14. The predicted molar refractivity (Wildman–Crippen MR) is 71.2 cm³/mol. The fraction of sp³-hybridized carbons (Fsp3) is 0.727. The molecule has 2 N–H and O–H groups in total. The average molecular weight is 252 g/mol. The Hall–Kier alpha value is -1.63. The molecule has 2 rings (SSSR count). The number of nitrogens with one attached hydrogen (secondary N) is 2. The molecule has 7 heteroatoms. The molecule has 1 aromatic rings. The second-order valence-corrected chi connectivity index (χ2v) is 4.46. The van der Waals surface area contributed by atoms with Gasteiger partial charge < -0.3 is 20.3 Å². The number of aromatic nitrogens is 3. The van der Waals surface area contributed by atoms with Crippen LogP contribution < -0.4 is 15.5 Å². The maximum Gasteiger partial charge on any atom is 0.231 e. The SMILES string of the molecule is CNc1nc(NC2CCOCC2)nc(N(C)C)n1. The Kier molecular flexibility index (Phi) is 4.14. The van der Waals surface area contributed by atoms with Crippen molar-refractivity contribution < 1.29 is 4.74 Å². The second-order valence-electron chi connectivity index (χ2n) is 4.46. The van der Waals surface area contributed by atoms with Gasteiger partial charge in [0.1, 0.15) is 0 Å². The summed E-state index contributed by atoms with van der Waals surface area (Å²) in [5, 5.41) is 6.29. The van der Waals surface area contributed by atoms with Crippen molar-refractivity contribution in [3.05, 3.63) is 0 Å². The highest BCUT2D eigenvalue weighted by Gasteiger charge is 2.16. The van der Waals surface area contributed by atoms with E-state index in [1.165, 1.54) is 0 Å². The molecular weight excluding hydrogens is 232 g/mol. The molecule has 0 saturated carbocycles. The first-order valence-electron chi connectivity index (χ1n) is 6.14. The Bertz CT molecular complexity index is 391. The first kappa shape index (κ1) is 12.8. The van der Waals surface area contributed by atoms with Crippen LogP contribution in [0.5, 0.6) is 0 Å². The average Bonchev–Trinajstić information content (AvgIpc) is 2.39. The maximum absolute atomic E-state index is 5.33. The topological polar surface area (TPSA) is 75.2 Å². The van der Waals surface area contributed by atoms with Crippen LogP contribution in [0.25, 0.3) is 0 Å². The highest BCUT2D eigenvalue weighted by molar-refractivity contribution is 5.43. The zero-order chi connectivity index (χ0) is 13.0. The third kappa shape index (κ3) is 3.19. The lowest BCUT2D eigenvalue weighted by Gasteiger charge is -2.23. The van der Waals surface area contributed by atoms with Crippen molar-refractivity contribution >= 4 is 17.8 Å². The van der Waals surface area contributed by atoms with E-state index in [2.05, 4.69) is 25.6 Å². The van der Waals surface area contributed by atoms with Crippen molar-refractivity contribution in [3.8, 4) is 0 Å². The minimum Gasteiger partial charge on any atom is -0.381 e. The smallest absolute Gasteiger partial charge is 0.231 e. The van der Waals surface area contributed by atoms with Crippen molar-refractivity contribution in [3.63, 3.8) is 0 Å². The monoisotopic (exact) mass is 252 g/mol. The van der Waals surface area contributed by atoms with Crippen LogP contribution in [0.1, 0.15) is 12.8 Å². The molecule has 0 aliphatic carbocycles. The Balaban J connectivity index is 2.12. The second kappa shape index (κ2) is 5.81. The van der Waals surface area contributed by atoms with Crippen molar-refractivity contribution in [2.24, 2.45) is 0 Å². The van der Waals surface area contributed by atoms with Crippen LogP contribution in [0.15, 0.2) is 0 Å². The summed E-state index contributed by atoms with van der Waals surface area (Å²) in [4.78, 5) is 14.8. The molecule has 100 valence electrons. The van der Waals surface area contributed by atoms with Gasteiger partial charge in [-0.2, -0.15) is 15.0 Å². The number of hydrogen-bond donors (Lipinski definition) is 2. The Morgan fingerprint density at radius 1 is 1.11 bits per heavy atom. The summed E-state index contributed by atoms with van der Waals surface area (Å²) >= 11 is 0. The Morgan fingerprint density at radius 3 is 2.39 bits per heavy atom. The molecule has 0 radical (unpaired) electrons. The van der Waals surface area contributed by atoms with Gasteiger partial charge in [-0.15, -0.1) is 0 Å². The molecule has 1 fully saturated rings. The highest BCUT2D eigenvalue weighted by atomic mass is 16.5. The third-order valence-corrected chi connectivity index (χ3v) is 2.80. The van der Waals surface area contributed by atoms with E-state index < -0.39 is 0 Å². The maximum atomic E-state index is 5.33. The Labute approximate surface area is 107 Å². The van der Waals surface area contributed by atoms with Crippen LogP contribution in [-0.2, 0) is 4.74 Å². The van der Waals surface area contributed by atoms with Crippen LogP contribution in [0.4, 0.5) is 17.8 Å². The van der Waals surface area contributed by atoms with Gasteiger partial charge in [0.05, 0.1) is 0 Å². The van der Waals surface area contributed by atoms with Crippen molar-refractivity contribution in [1.82, 2.24) is 15.0 Å². The van der Waals surface area contributed by atoms with E-state index in [0.29, 0.717) is 23.9 Å². The van der Waals surface area contributed by atoms with Crippen molar-refractivity contribution in [2.75, 3.05) is 49.9 Å². The lowest BCUT2D eigenvalue weighted by molar-refractivity contribution is 0.0903. The summed E-state index contributed by atoms with van der Waals surface area (Å²) in [5.74, 6) is 1.83. The molecule has 1 aliphatic heterocycles. The molecule has 1 saturated heterocycles. The van der Waals surface area contributed by atoms with Gasteiger partial charge in [-0.05, 0) is 12.8 Å². The van der Waals surface area contributed by atoms with Gasteiger partial charge in [-0.25, -0.2) is 0 Å². The predicted octanol–water partition coefficient (Wildman–Crippen LogP) is 0.570. The molecule has 0 atom stereocenters. The van der Waals surface area contributed by atoms with Crippen LogP contribution >= 0.6 is 0 Å². The van der Waals surface area contributed by atoms with Gasteiger partial charge >= 0.3 is 0 Å². The first-order chi connectivity index (χ1) is 8.69. The number of nitrogens with zero attached hydrogens (tertiary/aromatic N) is 4. The Morgan fingerprint density at radius 2 is 1.78 bits per heavy atom.